The Morgan fingerprint density at radius 1 is 1.33 bits per heavy atom. The molecular weight excluding hydrogens is 270 g/mol. The molecule has 0 saturated heterocycles. The van der Waals surface area contributed by atoms with Gasteiger partial charge in [0, 0.05) is 24.7 Å². The average Bonchev–Trinajstić information content (AvgIpc) is 2.43. The Hall–Kier alpha value is -1.82. The van der Waals surface area contributed by atoms with Gasteiger partial charge < -0.3 is 15.2 Å². The van der Waals surface area contributed by atoms with Crippen molar-refractivity contribution in [2.75, 3.05) is 26.0 Å². The summed E-state index contributed by atoms with van der Waals surface area (Å²) in [5.74, 6) is -0.122. The van der Waals surface area contributed by atoms with E-state index in [-0.39, 0.29) is 11.3 Å². The molecule has 1 aromatic heterocycles. The van der Waals surface area contributed by atoms with Gasteiger partial charge in [0.15, 0.2) is 0 Å². The second-order valence-corrected chi connectivity index (χ2v) is 5.38. The maximum atomic E-state index is 11.6. The van der Waals surface area contributed by atoms with E-state index in [4.69, 9.17) is 10.5 Å². The first-order chi connectivity index (χ1) is 9.86. The van der Waals surface area contributed by atoms with Crippen LogP contribution in [0.15, 0.2) is 12.3 Å². The number of aromatic nitrogens is 1. The smallest absolute Gasteiger partial charge is 0.340 e. The number of nitrogens with zero attached hydrogens (tertiary/aromatic N) is 2. The van der Waals surface area contributed by atoms with Gasteiger partial charge in [-0.3, -0.25) is 4.90 Å². The van der Waals surface area contributed by atoms with Gasteiger partial charge in [-0.2, -0.15) is 0 Å². The summed E-state index contributed by atoms with van der Waals surface area (Å²) < 4.78 is 10.3. The average molecular weight is 295 g/mol. The highest BCUT2D eigenvalue weighted by molar-refractivity contribution is 5.95. The van der Waals surface area contributed by atoms with Gasteiger partial charge in [0.1, 0.15) is 6.61 Å². The summed E-state index contributed by atoms with van der Waals surface area (Å²) in [7, 11) is 1.31. The number of rotatable bonds is 7. The van der Waals surface area contributed by atoms with Crippen LogP contribution in [-0.2, 0) is 4.74 Å². The molecule has 0 aliphatic carbocycles. The largest absolute Gasteiger partial charge is 0.476 e. The van der Waals surface area contributed by atoms with E-state index < -0.39 is 5.97 Å². The molecule has 21 heavy (non-hydrogen) atoms. The van der Waals surface area contributed by atoms with E-state index in [1.807, 2.05) is 0 Å². The third kappa shape index (κ3) is 4.90. The van der Waals surface area contributed by atoms with Crippen molar-refractivity contribution in [2.45, 2.75) is 39.8 Å². The number of esters is 1. The minimum Gasteiger partial charge on any atom is -0.476 e. The molecular formula is C15H25N3O3. The third-order valence-electron chi connectivity index (χ3n) is 3.24. The predicted molar refractivity (Wildman–Crippen MR) is 82.5 cm³/mol. The summed E-state index contributed by atoms with van der Waals surface area (Å²) in [6, 6.07) is 2.40. The fourth-order valence-electron chi connectivity index (χ4n) is 2.18. The molecule has 1 heterocycles. The van der Waals surface area contributed by atoms with Crippen LogP contribution in [0.5, 0.6) is 5.88 Å². The Kier molecular flexibility index (Phi) is 6.42. The molecule has 0 bridgehead atoms. The van der Waals surface area contributed by atoms with Crippen LogP contribution >= 0.6 is 0 Å². The number of ether oxygens (including phenoxy) is 2. The lowest BCUT2D eigenvalue weighted by molar-refractivity contribution is 0.0601. The monoisotopic (exact) mass is 295 g/mol. The summed E-state index contributed by atoms with van der Waals surface area (Å²) in [6.45, 7) is 9.88. The number of nitrogen functional groups attached to an aromatic ring is 1. The second-order valence-electron chi connectivity index (χ2n) is 5.38. The van der Waals surface area contributed by atoms with Gasteiger partial charge >= 0.3 is 5.97 Å². The Bertz CT molecular complexity index is 467. The van der Waals surface area contributed by atoms with Crippen molar-refractivity contribution in [1.29, 1.82) is 0 Å². The highest BCUT2D eigenvalue weighted by atomic mass is 16.5. The fourth-order valence-corrected chi connectivity index (χ4v) is 2.18. The van der Waals surface area contributed by atoms with Crippen molar-refractivity contribution in [3.63, 3.8) is 0 Å². The zero-order chi connectivity index (χ0) is 16.0. The zero-order valence-electron chi connectivity index (χ0n) is 13.4. The van der Waals surface area contributed by atoms with Gasteiger partial charge in [-0.25, -0.2) is 9.78 Å². The Labute approximate surface area is 126 Å². The lowest BCUT2D eigenvalue weighted by Crippen LogP contribution is -2.39. The van der Waals surface area contributed by atoms with Crippen molar-refractivity contribution in [3.8, 4) is 5.88 Å². The van der Waals surface area contributed by atoms with Crippen LogP contribution in [0.4, 0.5) is 5.69 Å². The summed E-state index contributed by atoms with van der Waals surface area (Å²) in [5, 5.41) is 0. The highest BCUT2D eigenvalue weighted by Gasteiger charge is 2.15. The summed E-state index contributed by atoms with van der Waals surface area (Å²) in [5.41, 5.74) is 6.24. The van der Waals surface area contributed by atoms with Gasteiger partial charge in [0.2, 0.25) is 5.88 Å². The molecule has 1 aromatic rings. The quantitative estimate of drug-likeness (QED) is 0.775. The maximum Gasteiger partial charge on any atom is 0.340 e. The molecule has 0 saturated carbocycles. The van der Waals surface area contributed by atoms with Crippen LogP contribution in [0.2, 0.25) is 0 Å². The molecule has 0 atom stereocenters. The SMILES string of the molecule is COC(=O)c1cc(OCCN(C(C)C)C(C)C)ncc1N. The van der Waals surface area contributed by atoms with E-state index in [1.54, 1.807) is 0 Å². The van der Waals surface area contributed by atoms with E-state index >= 15 is 0 Å². The van der Waals surface area contributed by atoms with E-state index in [2.05, 4.69) is 42.3 Å². The van der Waals surface area contributed by atoms with Crippen LogP contribution in [0.3, 0.4) is 0 Å². The number of nitrogens with two attached hydrogens (primary N) is 1. The molecule has 6 heteroatoms. The molecule has 0 fully saturated rings. The number of carbonyl (C=O) groups excluding carboxylic acids is 1. The van der Waals surface area contributed by atoms with Crippen LogP contribution in [0, 0.1) is 0 Å². The molecule has 0 amide bonds. The number of carbonyl (C=O) groups is 1. The molecule has 0 aromatic carbocycles. The molecule has 0 aliphatic rings. The molecule has 1 rings (SSSR count). The minimum atomic E-state index is -0.495. The molecule has 0 spiro atoms. The normalized spacial score (nSPS) is 11.2. The number of methoxy groups -OCH3 is 1. The predicted octanol–water partition coefficient (Wildman–Crippen LogP) is 1.95. The second kappa shape index (κ2) is 7.83. The third-order valence-corrected chi connectivity index (χ3v) is 3.24. The Morgan fingerprint density at radius 2 is 1.95 bits per heavy atom. The van der Waals surface area contributed by atoms with Crippen LogP contribution in [0.25, 0.3) is 0 Å². The highest BCUT2D eigenvalue weighted by Crippen LogP contribution is 2.17. The summed E-state index contributed by atoms with van der Waals surface area (Å²) in [6.07, 6.45) is 1.41. The lowest BCUT2D eigenvalue weighted by atomic mass is 10.2. The molecule has 2 N–H and O–H groups in total. The fraction of sp³-hybridized carbons (Fsp3) is 0.600. The molecule has 6 nitrogen and oxygen atoms in total. The van der Waals surface area contributed by atoms with Gasteiger partial charge in [-0.15, -0.1) is 0 Å². The molecule has 0 radical (unpaired) electrons. The van der Waals surface area contributed by atoms with Crippen LogP contribution in [-0.4, -0.2) is 48.2 Å². The molecule has 0 aliphatic heterocycles. The first kappa shape index (κ1) is 17.2. The Balaban J connectivity index is 2.66. The number of hydrogen-bond donors (Lipinski definition) is 1. The Morgan fingerprint density at radius 3 is 2.48 bits per heavy atom. The first-order valence-electron chi connectivity index (χ1n) is 7.09. The van der Waals surface area contributed by atoms with Gasteiger partial charge in [-0.1, -0.05) is 0 Å². The van der Waals surface area contributed by atoms with Gasteiger partial charge in [-0.05, 0) is 27.7 Å². The topological polar surface area (TPSA) is 77.7 Å². The molecule has 118 valence electrons. The number of anilines is 1. The summed E-state index contributed by atoms with van der Waals surface area (Å²) in [4.78, 5) is 17.9. The van der Waals surface area contributed by atoms with Gasteiger partial charge in [0.25, 0.3) is 0 Å². The number of hydrogen-bond acceptors (Lipinski definition) is 6. The van der Waals surface area contributed by atoms with Crippen molar-refractivity contribution >= 4 is 11.7 Å². The van der Waals surface area contributed by atoms with Crippen molar-refractivity contribution < 1.29 is 14.3 Å². The zero-order valence-corrected chi connectivity index (χ0v) is 13.4. The minimum absolute atomic E-state index is 0.270. The van der Waals surface area contributed by atoms with E-state index in [9.17, 15) is 4.79 Å². The van der Waals surface area contributed by atoms with Crippen LogP contribution < -0.4 is 10.5 Å². The standard InChI is InChI=1S/C15H25N3O3/c1-10(2)18(11(3)4)6-7-21-14-8-12(15(19)20-5)13(16)9-17-14/h8-11H,6-7,16H2,1-5H3. The van der Waals surface area contributed by atoms with Crippen molar-refractivity contribution in [1.82, 2.24) is 9.88 Å². The number of pyridine rings is 1. The molecule has 0 unspecified atom stereocenters. The van der Waals surface area contributed by atoms with E-state index in [0.29, 0.717) is 24.6 Å². The van der Waals surface area contributed by atoms with Crippen LogP contribution in [0.1, 0.15) is 38.1 Å². The van der Waals surface area contributed by atoms with E-state index in [0.717, 1.165) is 6.54 Å². The first-order valence-corrected chi connectivity index (χ1v) is 7.09. The van der Waals surface area contributed by atoms with Crippen molar-refractivity contribution in [3.05, 3.63) is 17.8 Å². The van der Waals surface area contributed by atoms with Crippen molar-refractivity contribution in [2.24, 2.45) is 0 Å². The van der Waals surface area contributed by atoms with E-state index in [1.165, 1.54) is 19.4 Å². The van der Waals surface area contributed by atoms with Gasteiger partial charge in [0.05, 0.1) is 24.6 Å². The maximum absolute atomic E-state index is 11.6. The lowest BCUT2D eigenvalue weighted by Gasteiger charge is -2.30. The summed E-state index contributed by atoms with van der Waals surface area (Å²) >= 11 is 0.